The molecule has 0 aliphatic rings. The second-order valence-electron chi connectivity index (χ2n) is 4.70. The van der Waals surface area contributed by atoms with Crippen molar-refractivity contribution in [2.24, 2.45) is 5.92 Å². The third-order valence-electron chi connectivity index (χ3n) is 2.60. The monoisotopic (exact) mass is 288 g/mol. The van der Waals surface area contributed by atoms with Gasteiger partial charge in [0.05, 0.1) is 13.2 Å². The van der Waals surface area contributed by atoms with E-state index in [0.29, 0.717) is 19.6 Å². The number of nitrogens with one attached hydrogen (secondary N) is 2. The molecule has 0 heterocycles. The number of ether oxygens (including phenoxy) is 1. The van der Waals surface area contributed by atoms with Gasteiger partial charge in [-0.2, -0.15) is 0 Å². The molecule has 0 bridgehead atoms. The minimum Gasteiger partial charge on any atom is -0.480 e. The van der Waals surface area contributed by atoms with Crippen LogP contribution in [0, 0.1) is 5.92 Å². The molecule has 20 heavy (non-hydrogen) atoms. The number of rotatable bonds is 10. The largest absolute Gasteiger partial charge is 0.480 e. The summed E-state index contributed by atoms with van der Waals surface area (Å²) < 4.78 is 4.75. The summed E-state index contributed by atoms with van der Waals surface area (Å²) in [4.78, 5) is 33.4. The molecule has 0 rings (SSSR count). The van der Waals surface area contributed by atoms with Crippen molar-refractivity contribution in [3.05, 3.63) is 0 Å². The van der Waals surface area contributed by atoms with Gasteiger partial charge in [0.15, 0.2) is 0 Å². The van der Waals surface area contributed by atoms with Crippen LogP contribution in [0.2, 0.25) is 0 Å². The van der Waals surface area contributed by atoms with E-state index in [4.69, 9.17) is 9.84 Å². The van der Waals surface area contributed by atoms with Gasteiger partial charge in [0.25, 0.3) is 0 Å². The van der Waals surface area contributed by atoms with Gasteiger partial charge in [-0.1, -0.05) is 13.8 Å². The number of hydrogen-bond donors (Lipinski definition) is 3. The Labute approximate surface area is 119 Å². The SMILES string of the molecule is CCOC(=O)CCCNC(=O)CNC(C(=O)O)C(C)C. The van der Waals surface area contributed by atoms with Gasteiger partial charge >= 0.3 is 11.9 Å². The predicted molar refractivity (Wildman–Crippen MR) is 73.1 cm³/mol. The van der Waals surface area contributed by atoms with Crippen molar-refractivity contribution in [3.8, 4) is 0 Å². The number of aliphatic carboxylic acids is 1. The average molecular weight is 288 g/mol. The van der Waals surface area contributed by atoms with Crippen molar-refractivity contribution in [2.75, 3.05) is 19.7 Å². The van der Waals surface area contributed by atoms with Crippen molar-refractivity contribution in [1.29, 1.82) is 0 Å². The van der Waals surface area contributed by atoms with E-state index in [1.807, 2.05) is 0 Å². The molecule has 0 saturated heterocycles. The normalized spacial score (nSPS) is 12.0. The molecule has 0 aromatic carbocycles. The van der Waals surface area contributed by atoms with Crippen LogP contribution in [-0.2, 0) is 19.1 Å². The smallest absolute Gasteiger partial charge is 0.320 e. The van der Waals surface area contributed by atoms with Crippen molar-refractivity contribution < 1.29 is 24.2 Å². The van der Waals surface area contributed by atoms with E-state index >= 15 is 0 Å². The van der Waals surface area contributed by atoms with Gasteiger partial charge in [-0.3, -0.25) is 19.7 Å². The molecule has 0 aliphatic carbocycles. The van der Waals surface area contributed by atoms with E-state index in [1.54, 1.807) is 20.8 Å². The fraction of sp³-hybridized carbons (Fsp3) is 0.769. The molecule has 1 atom stereocenters. The van der Waals surface area contributed by atoms with Crippen LogP contribution in [0.5, 0.6) is 0 Å². The lowest BCUT2D eigenvalue weighted by Gasteiger charge is -2.17. The highest BCUT2D eigenvalue weighted by Crippen LogP contribution is 2.00. The van der Waals surface area contributed by atoms with Gasteiger partial charge in [-0.25, -0.2) is 0 Å². The molecule has 0 aromatic heterocycles. The maximum absolute atomic E-state index is 11.5. The summed E-state index contributed by atoms with van der Waals surface area (Å²) in [5, 5.41) is 14.2. The highest BCUT2D eigenvalue weighted by molar-refractivity contribution is 5.80. The number of carbonyl (C=O) groups is 3. The van der Waals surface area contributed by atoms with Gasteiger partial charge in [0, 0.05) is 13.0 Å². The van der Waals surface area contributed by atoms with E-state index in [2.05, 4.69) is 10.6 Å². The standard InChI is InChI=1S/C13H24N2O5/c1-4-20-11(17)6-5-7-14-10(16)8-15-12(9(2)3)13(18)19/h9,12,15H,4-8H2,1-3H3,(H,14,16)(H,18,19). The minimum absolute atomic E-state index is 0.0610. The van der Waals surface area contributed by atoms with Crippen molar-refractivity contribution in [2.45, 2.75) is 39.7 Å². The van der Waals surface area contributed by atoms with Gasteiger partial charge in [0.1, 0.15) is 6.04 Å². The third-order valence-corrected chi connectivity index (χ3v) is 2.60. The molecule has 0 aliphatic heterocycles. The number of esters is 1. The highest BCUT2D eigenvalue weighted by atomic mass is 16.5. The molecule has 0 fully saturated rings. The average Bonchev–Trinajstić information content (AvgIpc) is 2.34. The first-order valence-electron chi connectivity index (χ1n) is 6.77. The Balaban J connectivity index is 3.78. The van der Waals surface area contributed by atoms with E-state index in [9.17, 15) is 14.4 Å². The lowest BCUT2D eigenvalue weighted by atomic mass is 10.1. The molecule has 1 amide bonds. The lowest BCUT2D eigenvalue weighted by molar-refractivity contribution is -0.143. The summed E-state index contributed by atoms with van der Waals surface area (Å²) in [7, 11) is 0. The Morgan fingerprint density at radius 3 is 2.40 bits per heavy atom. The van der Waals surface area contributed by atoms with Gasteiger partial charge in [-0.05, 0) is 19.3 Å². The summed E-state index contributed by atoms with van der Waals surface area (Å²) in [6.07, 6.45) is 0.752. The Morgan fingerprint density at radius 2 is 1.90 bits per heavy atom. The first kappa shape index (κ1) is 18.4. The van der Waals surface area contributed by atoms with Crippen molar-refractivity contribution in [3.63, 3.8) is 0 Å². The number of hydrogen-bond acceptors (Lipinski definition) is 5. The third kappa shape index (κ3) is 8.47. The summed E-state index contributed by atoms with van der Waals surface area (Å²) in [6.45, 7) is 5.92. The van der Waals surface area contributed by atoms with Crippen LogP contribution >= 0.6 is 0 Å². The molecule has 0 radical (unpaired) electrons. The van der Waals surface area contributed by atoms with Crippen LogP contribution in [0.3, 0.4) is 0 Å². The second-order valence-corrected chi connectivity index (χ2v) is 4.70. The predicted octanol–water partition coefficient (Wildman–Crippen LogP) is 0.145. The Kier molecular flexibility index (Phi) is 9.36. The van der Waals surface area contributed by atoms with Crippen molar-refractivity contribution >= 4 is 17.8 Å². The van der Waals surface area contributed by atoms with Crippen LogP contribution in [0.4, 0.5) is 0 Å². The molecule has 0 spiro atoms. The number of carboxylic acids is 1. The molecule has 0 aromatic rings. The summed E-state index contributed by atoms with van der Waals surface area (Å²) in [5.41, 5.74) is 0. The van der Waals surface area contributed by atoms with Crippen LogP contribution in [0.15, 0.2) is 0 Å². The van der Waals surface area contributed by atoms with Gasteiger partial charge in [-0.15, -0.1) is 0 Å². The van der Waals surface area contributed by atoms with E-state index in [0.717, 1.165) is 0 Å². The van der Waals surface area contributed by atoms with E-state index in [1.165, 1.54) is 0 Å². The Hall–Kier alpha value is -1.63. The highest BCUT2D eigenvalue weighted by Gasteiger charge is 2.21. The molecular formula is C13H24N2O5. The molecule has 7 heteroatoms. The van der Waals surface area contributed by atoms with E-state index in [-0.39, 0.29) is 30.8 Å². The first-order chi connectivity index (χ1) is 9.38. The number of carboxylic acid groups (broad SMARTS) is 1. The fourth-order valence-corrected chi connectivity index (χ4v) is 1.57. The zero-order valence-electron chi connectivity index (χ0n) is 12.3. The summed E-state index contributed by atoms with van der Waals surface area (Å²) >= 11 is 0. The summed E-state index contributed by atoms with van der Waals surface area (Å²) in [6, 6.07) is -0.750. The van der Waals surface area contributed by atoms with Crippen molar-refractivity contribution in [1.82, 2.24) is 10.6 Å². The topological polar surface area (TPSA) is 105 Å². The van der Waals surface area contributed by atoms with Crippen LogP contribution < -0.4 is 10.6 Å². The van der Waals surface area contributed by atoms with E-state index < -0.39 is 12.0 Å². The van der Waals surface area contributed by atoms with Crippen LogP contribution in [0.1, 0.15) is 33.6 Å². The molecule has 1 unspecified atom stereocenters. The quantitative estimate of drug-likeness (QED) is 0.390. The molecule has 7 nitrogen and oxygen atoms in total. The Bertz CT molecular complexity index is 331. The van der Waals surface area contributed by atoms with Crippen LogP contribution in [0.25, 0.3) is 0 Å². The fourth-order valence-electron chi connectivity index (χ4n) is 1.57. The maximum atomic E-state index is 11.5. The van der Waals surface area contributed by atoms with Crippen LogP contribution in [-0.4, -0.2) is 48.7 Å². The number of carbonyl (C=O) groups excluding carboxylic acids is 2. The Morgan fingerprint density at radius 1 is 1.25 bits per heavy atom. The first-order valence-corrected chi connectivity index (χ1v) is 6.77. The summed E-state index contributed by atoms with van der Waals surface area (Å²) in [5.74, 6) is -1.66. The molecule has 3 N–H and O–H groups in total. The zero-order valence-corrected chi connectivity index (χ0v) is 12.3. The number of amides is 1. The maximum Gasteiger partial charge on any atom is 0.320 e. The van der Waals surface area contributed by atoms with Gasteiger partial charge < -0.3 is 15.2 Å². The minimum atomic E-state index is -0.977. The lowest BCUT2D eigenvalue weighted by Crippen LogP contribution is -2.45. The molecule has 116 valence electrons. The molecule has 0 saturated carbocycles. The second kappa shape index (κ2) is 10.2. The van der Waals surface area contributed by atoms with Gasteiger partial charge in [0.2, 0.25) is 5.91 Å². The zero-order chi connectivity index (χ0) is 15.5. The molecular weight excluding hydrogens is 264 g/mol.